The molecule has 24 heavy (non-hydrogen) atoms. The average molecular weight is 331 g/mol. The number of ketones is 1. The molecular weight excluding hydrogens is 310 g/mol. The number of benzene rings is 1. The van der Waals surface area contributed by atoms with E-state index in [2.05, 4.69) is 0 Å². The molecule has 0 aromatic heterocycles. The Hall–Kier alpha value is -2.24. The average Bonchev–Trinajstić information content (AvgIpc) is 2.58. The third kappa shape index (κ3) is 2.92. The fraction of sp³-hybridized carbons (Fsp3) is 0.556. The number of nitrogens with zero attached hydrogens (tertiary/aromatic N) is 1. The third-order valence-electron chi connectivity index (χ3n) is 5.25. The van der Waals surface area contributed by atoms with Gasteiger partial charge >= 0.3 is 5.97 Å². The molecule has 0 radical (unpaired) electrons. The van der Waals surface area contributed by atoms with Gasteiger partial charge in [0.25, 0.3) is 5.69 Å². The normalized spacial score (nSPS) is 28.0. The van der Waals surface area contributed by atoms with Gasteiger partial charge in [-0.15, -0.1) is 0 Å². The second kappa shape index (κ2) is 6.71. The summed E-state index contributed by atoms with van der Waals surface area (Å²) in [5.41, 5.74) is 0.620. The van der Waals surface area contributed by atoms with E-state index in [-0.39, 0.29) is 29.4 Å². The predicted octanol–water partition coefficient (Wildman–Crippen LogP) is 3.39. The van der Waals surface area contributed by atoms with Crippen LogP contribution in [0.5, 0.6) is 0 Å². The zero-order valence-electron chi connectivity index (χ0n) is 13.6. The van der Waals surface area contributed by atoms with Crippen molar-refractivity contribution >= 4 is 17.4 Å². The number of ether oxygens (including phenoxy) is 1. The lowest BCUT2D eigenvalue weighted by Gasteiger charge is -2.39. The fourth-order valence-electron chi connectivity index (χ4n) is 4.03. The highest BCUT2D eigenvalue weighted by Crippen LogP contribution is 2.41. The smallest absolute Gasteiger partial charge is 0.317 e. The Balaban J connectivity index is 1.92. The standard InChI is InChI=1S/C18H21NO5/c1-2-13(11-6-5-7-12(10-11)19(22)23)16-17(20)14-8-3-4-9-15(14)24-18(16)21/h5-7,10,13-16H,2-4,8-9H2,1H3. The maximum absolute atomic E-state index is 12.9. The molecule has 0 spiro atoms. The van der Waals surface area contributed by atoms with Crippen LogP contribution in [0.1, 0.15) is 50.5 Å². The molecule has 0 bridgehead atoms. The number of esters is 1. The molecule has 4 atom stereocenters. The van der Waals surface area contributed by atoms with Crippen LogP contribution >= 0.6 is 0 Å². The molecule has 6 nitrogen and oxygen atoms in total. The highest BCUT2D eigenvalue weighted by atomic mass is 16.6. The molecule has 1 aromatic carbocycles. The molecule has 2 fully saturated rings. The number of fused-ring (bicyclic) bond motifs is 1. The number of carbonyl (C=O) groups excluding carboxylic acids is 2. The minimum atomic E-state index is -0.851. The summed E-state index contributed by atoms with van der Waals surface area (Å²) in [6.07, 6.45) is 3.74. The molecule has 1 aliphatic carbocycles. The van der Waals surface area contributed by atoms with E-state index in [9.17, 15) is 19.7 Å². The van der Waals surface area contributed by atoms with Crippen LogP contribution in [-0.4, -0.2) is 22.8 Å². The molecule has 4 unspecified atom stereocenters. The minimum absolute atomic E-state index is 0.0295. The van der Waals surface area contributed by atoms with Crippen LogP contribution in [0.15, 0.2) is 24.3 Å². The van der Waals surface area contributed by atoms with Crippen molar-refractivity contribution in [1.29, 1.82) is 0 Å². The lowest BCUT2D eigenvalue weighted by Crippen LogP contribution is -2.49. The second-order valence-corrected chi connectivity index (χ2v) is 6.61. The molecule has 1 aliphatic heterocycles. The van der Waals surface area contributed by atoms with Crippen molar-refractivity contribution in [3.8, 4) is 0 Å². The number of nitro benzene ring substituents is 1. The maximum Gasteiger partial charge on any atom is 0.317 e. The van der Waals surface area contributed by atoms with Crippen LogP contribution in [0, 0.1) is 22.0 Å². The number of hydrogen-bond donors (Lipinski definition) is 0. The first-order valence-electron chi connectivity index (χ1n) is 8.51. The summed E-state index contributed by atoms with van der Waals surface area (Å²) in [4.78, 5) is 35.9. The van der Waals surface area contributed by atoms with Gasteiger partial charge in [-0.1, -0.05) is 25.5 Å². The zero-order valence-corrected chi connectivity index (χ0v) is 13.6. The van der Waals surface area contributed by atoms with Crippen molar-refractivity contribution in [1.82, 2.24) is 0 Å². The van der Waals surface area contributed by atoms with Crippen molar-refractivity contribution < 1.29 is 19.2 Å². The molecule has 6 heteroatoms. The lowest BCUT2D eigenvalue weighted by molar-refractivity contribution is -0.384. The first kappa shape index (κ1) is 16.6. The van der Waals surface area contributed by atoms with Gasteiger partial charge < -0.3 is 4.74 Å². The van der Waals surface area contributed by atoms with Gasteiger partial charge in [-0.25, -0.2) is 0 Å². The quantitative estimate of drug-likeness (QED) is 0.365. The molecule has 1 aromatic rings. The number of rotatable bonds is 4. The van der Waals surface area contributed by atoms with Crippen LogP contribution < -0.4 is 0 Å². The van der Waals surface area contributed by atoms with Gasteiger partial charge in [0.15, 0.2) is 5.78 Å². The van der Waals surface area contributed by atoms with Crippen molar-refractivity contribution in [2.75, 3.05) is 0 Å². The van der Waals surface area contributed by atoms with Crippen LogP contribution in [0.3, 0.4) is 0 Å². The number of Topliss-reactive ketones (excluding diaryl/α,β-unsaturated/α-hetero) is 1. The fourth-order valence-corrected chi connectivity index (χ4v) is 4.03. The number of nitro groups is 1. The van der Waals surface area contributed by atoms with E-state index < -0.39 is 16.8 Å². The topological polar surface area (TPSA) is 86.5 Å². The van der Waals surface area contributed by atoms with E-state index in [1.54, 1.807) is 12.1 Å². The predicted molar refractivity (Wildman–Crippen MR) is 86.5 cm³/mol. The number of non-ortho nitro benzene ring substituents is 1. The first-order valence-corrected chi connectivity index (χ1v) is 8.51. The Morgan fingerprint density at radius 2 is 2.04 bits per heavy atom. The summed E-state index contributed by atoms with van der Waals surface area (Å²) in [5, 5.41) is 11.0. The van der Waals surface area contributed by atoms with Crippen LogP contribution in [0.25, 0.3) is 0 Å². The molecule has 0 N–H and O–H groups in total. The summed E-state index contributed by atoms with van der Waals surface area (Å²) in [6.45, 7) is 1.89. The molecule has 3 rings (SSSR count). The summed E-state index contributed by atoms with van der Waals surface area (Å²) >= 11 is 0. The van der Waals surface area contributed by atoms with E-state index in [1.807, 2.05) is 6.92 Å². The van der Waals surface area contributed by atoms with Crippen LogP contribution in [0.4, 0.5) is 5.69 Å². The number of hydrogen-bond acceptors (Lipinski definition) is 5. The van der Waals surface area contributed by atoms with Crippen LogP contribution in [0.2, 0.25) is 0 Å². The van der Waals surface area contributed by atoms with E-state index in [1.165, 1.54) is 12.1 Å². The van der Waals surface area contributed by atoms with Crippen molar-refractivity contribution in [2.24, 2.45) is 11.8 Å². The van der Waals surface area contributed by atoms with Gasteiger partial charge in [0.2, 0.25) is 0 Å². The van der Waals surface area contributed by atoms with E-state index >= 15 is 0 Å². The van der Waals surface area contributed by atoms with E-state index in [0.717, 1.165) is 25.7 Å². The maximum atomic E-state index is 12.9. The molecule has 1 saturated heterocycles. The van der Waals surface area contributed by atoms with Crippen molar-refractivity contribution in [2.45, 2.75) is 51.0 Å². The molecule has 1 saturated carbocycles. The highest BCUT2D eigenvalue weighted by Gasteiger charge is 2.48. The Labute approximate surface area is 140 Å². The summed E-state index contributed by atoms with van der Waals surface area (Å²) in [5.74, 6) is -1.96. The molecular formula is C18H21NO5. The first-order chi connectivity index (χ1) is 11.5. The highest BCUT2D eigenvalue weighted by molar-refractivity contribution is 6.03. The Bertz CT molecular complexity index is 671. The second-order valence-electron chi connectivity index (χ2n) is 6.61. The molecule has 2 aliphatic rings. The summed E-state index contributed by atoms with van der Waals surface area (Å²) in [6, 6.07) is 6.21. The van der Waals surface area contributed by atoms with E-state index in [0.29, 0.717) is 12.0 Å². The Morgan fingerprint density at radius 1 is 1.29 bits per heavy atom. The number of carbonyl (C=O) groups is 2. The lowest BCUT2D eigenvalue weighted by atomic mass is 9.71. The third-order valence-corrected chi connectivity index (χ3v) is 5.25. The Kier molecular flexibility index (Phi) is 4.64. The van der Waals surface area contributed by atoms with Gasteiger partial charge in [0.1, 0.15) is 12.0 Å². The van der Waals surface area contributed by atoms with Gasteiger partial charge in [0, 0.05) is 18.1 Å². The summed E-state index contributed by atoms with van der Waals surface area (Å²) in [7, 11) is 0. The Morgan fingerprint density at radius 3 is 2.75 bits per heavy atom. The molecule has 1 heterocycles. The molecule has 128 valence electrons. The SMILES string of the molecule is CCC(c1cccc([N+](=O)[O-])c1)C1C(=O)OC2CCCCC2C1=O. The van der Waals surface area contributed by atoms with Crippen molar-refractivity contribution in [3.63, 3.8) is 0 Å². The van der Waals surface area contributed by atoms with Gasteiger partial charge in [-0.3, -0.25) is 19.7 Å². The van der Waals surface area contributed by atoms with Gasteiger partial charge in [-0.05, 0) is 31.2 Å². The zero-order chi connectivity index (χ0) is 17.3. The minimum Gasteiger partial charge on any atom is -0.461 e. The van der Waals surface area contributed by atoms with Crippen LogP contribution in [-0.2, 0) is 14.3 Å². The van der Waals surface area contributed by atoms with Gasteiger partial charge in [-0.2, -0.15) is 0 Å². The largest absolute Gasteiger partial charge is 0.461 e. The monoisotopic (exact) mass is 331 g/mol. The van der Waals surface area contributed by atoms with Crippen molar-refractivity contribution in [3.05, 3.63) is 39.9 Å². The molecule has 0 amide bonds. The van der Waals surface area contributed by atoms with Gasteiger partial charge in [0.05, 0.1) is 10.8 Å². The van der Waals surface area contributed by atoms with E-state index in [4.69, 9.17) is 4.74 Å². The summed E-state index contributed by atoms with van der Waals surface area (Å²) < 4.78 is 5.56.